The second kappa shape index (κ2) is 8.24. The first-order valence-electron chi connectivity index (χ1n) is 8.53. The largest absolute Gasteiger partial charge is 0.370 e. The molecular formula is C18H28N4O2. The highest BCUT2D eigenvalue weighted by molar-refractivity contribution is 5.77. The van der Waals surface area contributed by atoms with Crippen molar-refractivity contribution in [2.24, 2.45) is 5.73 Å². The molecule has 0 unspecified atom stereocenters. The van der Waals surface area contributed by atoms with Gasteiger partial charge in [0.25, 0.3) is 0 Å². The van der Waals surface area contributed by atoms with Gasteiger partial charge in [-0.2, -0.15) is 0 Å². The number of pyridine rings is 1. The van der Waals surface area contributed by atoms with Crippen LogP contribution in [0.2, 0.25) is 0 Å². The first-order chi connectivity index (χ1) is 11.3. The van der Waals surface area contributed by atoms with Gasteiger partial charge in [-0.1, -0.05) is 0 Å². The number of rotatable bonds is 6. The number of nitrogens with zero attached hydrogens (tertiary/aromatic N) is 3. The van der Waals surface area contributed by atoms with Crippen LogP contribution in [0.1, 0.15) is 42.1 Å². The molecule has 1 aliphatic rings. The van der Waals surface area contributed by atoms with Gasteiger partial charge in [0.2, 0.25) is 11.8 Å². The van der Waals surface area contributed by atoms with E-state index in [9.17, 15) is 9.59 Å². The maximum Gasteiger partial charge on any atom is 0.236 e. The van der Waals surface area contributed by atoms with Crippen LogP contribution in [0.3, 0.4) is 0 Å². The first kappa shape index (κ1) is 18.4. The summed E-state index contributed by atoms with van der Waals surface area (Å²) in [6, 6.07) is 4.14. The topological polar surface area (TPSA) is 79.5 Å². The zero-order valence-electron chi connectivity index (χ0n) is 14.9. The molecule has 1 aliphatic heterocycles. The van der Waals surface area contributed by atoms with Crippen LogP contribution < -0.4 is 5.73 Å². The van der Waals surface area contributed by atoms with Crippen molar-refractivity contribution in [3.63, 3.8) is 0 Å². The smallest absolute Gasteiger partial charge is 0.236 e. The minimum atomic E-state index is -0.273. The molecule has 2 rings (SSSR count). The maximum atomic E-state index is 11.8. The predicted octanol–water partition coefficient (Wildman–Crippen LogP) is 1.08. The highest BCUT2D eigenvalue weighted by Gasteiger charge is 2.23. The molecule has 0 atom stereocenters. The molecule has 1 aromatic rings. The molecule has 2 N–H and O–H groups in total. The number of likely N-dealkylation sites (tertiary alicyclic amines) is 1. The highest BCUT2D eigenvalue weighted by Crippen LogP contribution is 2.27. The van der Waals surface area contributed by atoms with E-state index in [2.05, 4.69) is 16.0 Å². The molecule has 24 heavy (non-hydrogen) atoms. The predicted molar refractivity (Wildman–Crippen MR) is 93.6 cm³/mol. The first-order valence-corrected chi connectivity index (χ1v) is 8.53. The Morgan fingerprint density at radius 2 is 1.96 bits per heavy atom. The zero-order chi connectivity index (χ0) is 17.7. The number of hydrogen-bond acceptors (Lipinski definition) is 4. The lowest BCUT2D eigenvalue weighted by molar-refractivity contribution is -0.130. The molecule has 2 amide bonds. The average Bonchev–Trinajstić information content (AvgIpc) is 2.53. The fourth-order valence-electron chi connectivity index (χ4n) is 3.11. The van der Waals surface area contributed by atoms with Gasteiger partial charge in [-0.3, -0.25) is 19.5 Å². The molecule has 0 saturated carbocycles. The fraction of sp³-hybridized carbons (Fsp3) is 0.611. The summed E-state index contributed by atoms with van der Waals surface area (Å²) in [4.78, 5) is 31.3. The second-order valence-electron chi connectivity index (χ2n) is 6.85. The van der Waals surface area contributed by atoms with Crippen LogP contribution in [0.5, 0.6) is 0 Å². The molecule has 0 bridgehead atoms. The molecule has 2 heterocycles. The van der Waals surface area contributed by atoms with E-state index in [1.807, 2.05) is 13.0 Å². The number of carbonyl (C=O) groups is 2. The maximum absolute atomic E-state index is 11.8. The summed E-state index contributed by atoms with van der Waals surface area (Å²) in [6.45, 7) is 4.31. The fourth-order valence-corrected chi connectivity index (χ4v) is 3.11. The molecule has 0 aliphatic carbocycles. The third-order valence-corrected chi connectivity index (χ3v) is 4.56. The summed E-state index contributed by atoms with van der Waals surface area (Å²) < 4.78 is 0. The Hall–Kier alpha value is -1.95. The molecule has 0 radical (unpaired) electrons. The van der Waals surface area contributed by atoms with Crippen molar-refractivity contribution < 1.29 is 9.59 Å². The molecule has 1 fully saturated rings. The summed E-state index contributed by atoms with van der Waals surface area (Å²) in [7, 11) is 3.58. The van der Waals surface area contributed by atoms with Crippen LogP contribution in [-0.4, -0.2) is 60.3 Å². The lowest BCUT2D eigenvalue weighted by Gasteiger charge is -2.32. The minimum Gasteiger partial charge on any atom is -0.370 e. The van der Waals surface area contributed by atoms with Crippen molar-refractivity contribution in [2.45, 2.75) is 38.5 Å². The van der Waals surface area contributed by atoms with Crippen LogP contribution in [-0.2, 0) is 16.0 Å². The van der Waals surface area contributed by atoms with E-state index in [0.29, 0.717) is 25.3 Å². The average molecular weight is 332 g/mol. The Kier molecular flexibility index (Phi) is 6.31. The molecule has 132 valence electrons. The van der Waals surface area contributed by atoms with Crippen molar-refractivity contribution in [1.82, 2.24) is 14.8 Å². The Morgan fingerprint density at radius 3 is 2.54 bits per heavy atom. The van der Waals surface area contributed by atoms with Crippen LogP contribution in [0, 0.1) is 6.92 Å². The lowest BCUT2D eigenvalue weighted by atomic mass is 9.91. The standard InChI is InChI=1S/C18H28N4O2/c1-13-10-14(4-5-17(19)23)11-16(20-13)15-6-8-22(9-7-15)12-18(24)21(2)3/h10-11,15H,4-9,12H2,1-3H3,(H2,19,23). The Morgan fingerprint density at radius 1 is 1.29 bits per heavy atom. The SMILES string of the molecule is Cc1cc(CCC(N)=O)cc(C2CCN(CC(=O)N(C)C)CC2)n1. The van der Waals surface area contributed by atoms with Gasteiger partial charge >= 0.3 is 0 Å². The summed E-state index contributed by atoms with van der Waals surface area (Å²) in [5, 5.41) is 0. The quantitative estimate of drug-likeness (QED) is 0.845. The summed E-state index contributed by atoms with van der Waals surface area (Å²) in [6.07, 6.45) is 3.05. The van der Waals surface area contributed by atoms with E-state index in [1.165, 1.54) is 0 Å². The molecular weight excluding hydrogens is 304 g/mol. The van der Waals surface area contributed by atoms with Gasteiger partial charge in [0, 0.05) is 37.8 Å². The molecule has 0 spiro atoms. The number of aromatic nitrogens is 1. The monoisotopic (exact) mass is 332 g/mol. The minimum absolute atomic E-state index is 0.149. The third-order valence-electron chi connectivity index (χ3n) is 4.56. The number of hydrogen-bond donors (Lipinski definition) is 1. The van der Waals surface area contributed by atoms with Gasteiger partial charge in [0.1, 0.15) is 0 Å². The molecule has 6 heteroatoms. The number of primary amides is 1. The summed E-state index contributed by atoms with van der Waals surface area (Å²) in [5.74, 6) is 0.295. The molecule has 0 aromatic carbocycles. The van der Waals surface area contributed by atoms with Crippen molar-refractivity contribution in [2.75, 3.05) is 33.7 Å². The lowest BCUT2D eigenvalue weighted by Crippen LogP contribution is -2.40. The Balaban J connectivity index is 1.96. The van der Waals surface area contributed by atoms with Crippen molar-refractivity contribution in [3.8, 4) is 0 Å². The van der Waals surface area contributed by atoms with Gasteiger partial charge in [-0.05, 0) is 57.0 Å². The van der Waals surface area contributed by atoms with Crippen molar-refractivity contribution >= 4 is 11.8 Å². The number of piperidine rings is 1. The second-order valence-corrected chi connectivity index (χ2v) is 6.85. The van der Waals surface area contributed by atoms with Crippen LogP contribution in [0.4, 0.5) is 0 Å². The van der Waals surface area contributed by atoms with Crippen molar-refractivity contribution in [3.05, 3.63) is 29.1 Å². The van der Waals surface area contributed by atoms with Crippen LogP contribution in [0.25, 0.3) is 0 Å². The molecule has 1 saturated heterocycles. The summed E-state index contributed by atoms with van der Waals surface area (Å²) in [5.41, 5.74) is 8.46. The van der Waals surface area contributed by atoms with Gasteiger partial charge < -0.3 is 10.6 Å². The van der Waals surface area contributed by atoms with E-state index in [4.69, 9.17) is 5.73 Å². The van der Waals surface area contributed by atoms with E-state index in [1.54, 1.807) is 19.0 Å². The van der Waals surface area contributed by atoms with Gasteiger partial charge in [0.15, 0.2) is 0 Å². The van der Waals surface area contributed by atoms with E-state index in [0.717, 1.165) is 42.9 Å². The van der Waals surface area contributed by atoms with Crippen LogP contribution in [0.15, 0.2) is 12.1 Å². The van der Waals surface area contributed by atoms with Crippen LogP contribution >= 0.6 is 0 Å². The Bertz CT molecular complexity index is 593. The summed E-state index contributed by atoms with van der Waals surface area (Å²) >= 11 is 0. The van der Waals surface area contributed by atoms with Gasteiger partial charge in [0.05, 0.1) is 6.54 Å². The van der Waals surface area contributed by atoms with E-state index < -0.39 is 0 Å². The van der Waals surface area contributed by atoms with Gasteiger partial charge in [-0.15, -0.1) is 0 Å². The Labute approximate surface area is 144 Å². The van der Waals surface area contributed by atoms with E-state index >= 15 is 0 Å². The number of likely N-dealkylation sites (N-methyl/N-ethyl adjacent to an activating group) is 1. The normalized spacial score (nSPS) is 16.1. The molecule has 6 nitrogen and oxygen atoms in total. The number of nitrogens with two attached hydrogens (primary N) is 1. The highest BCUT2D eigenvalue weighted by atomic mass is 16.2. The molecule has 1 aromatic heterocycles. The zero-order valence-corrected chi connectivity index (χ0v) is 14.9. The number of amides is 2. The van der Waals surface area contributed by atoms with Crippen molar-refractivity contribution in [1.29, 1.82) is 0 Å². The third kappa shape index (κ3) is 5.30. The van der Waals surface area contributed by atoms with Gasteiger partial charge in [-0.25, -0.2) is 0 Å². The number of aryl methyl sites for hydroxylation is 2. The van der Waals surface area contributed by atoms with E-state index in [-0.39, 0.29) is 11.8 Å². The number of carbonyl (C=O) groups excluding carboxylic acids is 2.